The van der Waals surface area contributed by atoms with Gasteiger partial charge in [0.25, 0.3) is 0 Å². The molecular weight excluding hydrogens is 176 g/mol. The van der Waals surface area contributed by atoms with Crippen molar-refractivity contribution in [3.63, 3.8) is 0 Å². The van der Waals surface area contributed by atoms with E-state index < -0.39 is 0 Å². The second-order valence-electron chi connectivity index (χ2n) is 3.70. The normalized spacial score (nSPS) is 15.1. The Morgan fingerprint density at radius 1 is 1.29 bits per heavy atom. The number of hydrogen-bond donors (Lipinski definition) is 0. The summed E-state index contributed by atoms with van der Waals surface area (Å²) in [6.45, 7) is 1.55. The molecule has 0 aliphatic heterocycles. The highest BCUT2D eigenvalue weighted by atomic mass is 16.1. The van der Waals surface area contributed by atoms with Crippen molar-refractivity contribution in [1.82, 2.24) is 0 Å². The molecule has 2 nitrogen and oxygen atoms in total. The molecule has 0 heterocycles. The Morgan fingerprint density at radius 3 is 2.79 bits per heavy atom. The maximum absolute atomic E-state index is 11.5. The van der Waals surface area contributed by atoms with E-state index in [9.17, 15) is 9.59 Å². The average Bonchev–Trinajstić information content (AvgIpc) is 2.17. The molecule has 14 heavy (non-hydrogen) atoms. The summed E-state index contributed by atoms with van der Waals surface area (Å²) in [5, 5.41) is 0. The van der Waals surface area contributed by atoms with E-state index in [0.29, 0.717) is 12.0 Å². The molecule has 0 atom stereocenters. The molecule has 0 bridgehead atoms. The first-order chi connectivity index (χ1) is 6.68. The summed E-state index contributed by atoms with van der Waals surface area (Å²) in [7, 11) is 0. The largest absolute Gasteiger partial charge is 0.295 e. The predicted molar refractivity (Wildman–Crippen MR) is 53.7 cm³/mol. The quantitative estimate of drug-likeness (QED) is 0.634. The Kier molecular flexibility index (Phi) is 2.20. The zero-order chi connectivity index (χ0) is 10.1. The minimum absolute atomic E-state index is 0.0609. The van der Waals surface area contributed by atoms with Crippen LogP contribution in [0.2, 0.25) is 0 Å². The van der Waals surface area contributed by atoms with Crippen LogP contribution >= 0.6 is 0 Å². The Morgan fingerprint density at radius 2 is 2.07 bits per heavy atom. The molecule has 1 aliphatic rings. The highest BCUT2D eigenvalue weighted by Gasteiger charge is 2.17. The number of Topliss-reactive ketones (excluding diaryl/α,β-unsaturated/α-hetero) is 2. The van der Waals surface area contributed by atoms with Gasteiger partial charge in [-0.1, -0.05) is 12.1 Å². The van der Waals surface area contributed by atoms with Crippen molar-refractivity contribution in [3.8, 4) is 0 Å². The van der Waals surface area contributed by atoms with Gasteiger partial charge in [0.2, 0.25) is 0 Å². The van der Waals surface area contributed by atoms with Crippen molar-refractivity contribution in [2.45, 2.75) is 26.2 Å². The van der Waals surface area contributed by atoms with Crippen molar-refractivity contribution >= 4 is 11.6 Å². The first-order valence-electron chi connectivity index (χ1n) is 4.85. The zero-order valence-electron chi connectivity index (χ0n) is 8.17. The van der Waals surface area contributed by atoms with Gasteiger partial charge in [0.05, 0.1) is 0 Å². The van der Waals surface area contributed by atoms with Gasteiger partial charge in [0.1, 0.15) is 0 Å². The minimum atomic E-state index is 0.0609. The average molecular weight is 188 g/mol. The van der Waals surface area contributed by atoms with Crippen LogP contribution in [0.4, 0.5) is 0 Å². The third-order valence-corrected chi connectivity index (χ3v) is 2.66. The molecule has 0 fully saturated rings. The molecule has 0 saturated heterocycles. The number of rotatable bonds is 1. The summed E-state index contributed by atoms with van der Waals surface area (Å²) in [6, 6.07) is 5.38. The molecule has 0 amide bonds. The molecule has 1 aromatic rings. The van der Waals surface area contributed by atoms with Crippen LogP contribution in [-0.4, -0.2) is 11.6 Å². The molecule has 1 aromatic carbocycles. The Bertz CT molecular complexity index is 405. The van der Waals surface area contributed by atoms with E-state index in [1.807, 2.05) is 6.07 Å². The van der Waals surface area contributed by atoms with Crippen LogP contribution in [0.15, 0.2) is 18.2 Å². The summed E-state index contributed by atoms with van der Waals surface area (Å²) in [6.07, 6.45) is 2.47. The highest BCUT2D eigenvalue weighted by molar-refractivity contribution is 6.00. The number of hydrogen-bond acceptors (Lipinski definition) is 2. The monoisotopic (exact) mass is 188 g/mol. The SMILES string of the molecule is CC(=O)c1ccc2c(c1)CCCC2=O. The second kappa shape index (κ2) is 3.37. The van der Waals surface area contributed by atoms with Crippen molar-refractivity contribution in [1.29, 1.82) is 0 Å². The number of aryl methyl sites for hydroxylation is 1. The topological polar surface area (TPSA) is 34.1 Å². The molecule has 0 N–H and O–H groups in total. The fourth-order valence-electron chi connectivity index (χ4n) is 1.87. The molecule has 0 radical (unpaired) electrons. The van der Waals surface area contributed by atoms with Crippen molar-refractivity contribution in [3.05, 3.63) is 34.9 Å². The molecular formula is C12H12O2. The van der Waals surface area contributed by atoms with E-state index in [0.717, 1.165) is 24.0 Å². The van der Waals surface area contributed by atoms with Crippen molar-refractivity contribution < 1.29 is 9.59 Å². The van der Waals surface area contributed by atoms with Gasteiger partial charge in [-0.3, -0.25) is 9.59 Å². The number of fused-ring (bicyclic) bond motifs is 1. The molecule has 0 unspecified atom stereocenters. The Hall–Kier alpha value is -1.44. The van der Waals surface area contributed by atoms with E-state index in [1.54, 1.807) is 19.1 Å². The summed E-state index contributed by atoms with van der Waals surface area (Å²) >= 11 is 0. The summed E-state index contributed by atoms with van der Waals surface area (Å²) < 4.78 is 0. The van der Waals surface area contributed by atoms with Gasteiger partial charge >= 0.3 is 0 Å². The van der Waals surface area contributed by atoms with Crippen LogP contribution in [0, 0.1) is 0 Å². The number of carbonyl (C=O) groups excluding carboxylic acids is 2. The Labute approximate surface area is 82.9 Å². The standard InChI is InChI=1S/C12H12O2/c1-8(13)9-5-6-11-10(7-9)3-2-4-12(11)14/h5-7H,2-4H2,1H3. The van der Waals surface area contributed by atoms with Crippen molar-refractivity contribution in [2.24, 2.45) is 0 Å². The van der Waals surface area contributed by atoms with Crippen LogP contribution in [-0.2, 0) is 6.42 Å². The lowest BCUT2D eigenvalue weighted by Gasteiger charge is -2.14. The van der Waals surface area contributed by atoms with Gasteiger partial charge in [0.15, 0.2) is 11.6 Å². The van der Waals surface area contributed by atoms with Crippen LogP contribution in [0.3, 0.4) is 0 Å². The van der Waals surface area contributed by atoms with Gasteiger partial charge in [-0.05, 0) is 31.4 Å². The first-order valence-corrected chi connectivity index (χ1v) is 4.85. The lowest BCUT2D eigenvalue weighted by molar-refractivity contribution is 0.0968. The second-order valence-corrected chi connectivity index (χ2v) is 3.70. The fourth-order valence-corrected chi connectivity index (χ4v) is 1.87. The third-order valence-electron chi connectivity index (χ3n) is 2.66. The molecule has 0 saturated carbocycles. The van der Waals surface area contributed by atoms with Gasteiger partial charge in [-0.25, -0.2) is 0 Å². The van der Waals surface area contributed by atoms with Gasteiger partial charge < -0.3 is 0 Å². The molecule has 0 aromatic heterocycles. The summed E-state index contributed by atoms with van der Waals surface area (Å²) in [4.78, 5) is 22.6. The Balaban J connectivity index is 2.49. The van der Waals surface area contributed by atoms with Crippen LogP contribution in [0.1, 0.15) is 46.0 Å². The van der Waals surface area contributed by atoms with Crippen LogP contribution in [0.5, 0.6) is 0 Å². The van der Waals surface area contributed by atoms with Crippen LogP contribution < -0.4 is 0 Å². The number of benzene rings is 1. The first kappa shape index (κ1) is 9.13. The lowest BCUT2D eigenvalue weighted by Crippen LogP contribution is -2.11. The van der Waals surface area contributed by atoms with E-state index in [-0.39, 0.29) is 11.6 Å². The summed E-state index contributed by atoms with van der Waals surface area (Å²) in [5.41, 5.74) is 2.55. The minimum Gasteiger partial charge on any atom is -0.295 e. The number of ketones is 2. The maximum atomic E-state index is 11.5. The molecule has 2 heteroatoms. The lowest BCUT2D eigenvalue weighted by atomic mass is 9.89. The molecule has 72 valence electrons. The van der Waals surface area contributed by atoms with Gasteiger partial charge in [-0.2, -0.15) is 0 Å². The van der Waals surface area contributed by atoms with Gasteiger partial charge in [0, 0.05) is 17.5 Å². The zero-order valence-corrected chi connectivity index (χ0v) is 8.17. The highest BCUT2D eigenvalue weighted by Crippen LogP contribution is 2.22. The fraction of sp³-hybridized carbons (Fsp3) is 0.333. The smallest absolute Gasteiger partial charge is 0.163 e. The van der Waals surface area contributed by atoms with E-state index in [4.69, 9.17) is 0 Å². The van der Waals surface area contributed by atoms with Gasteiger partial charge in [-0.15, -0.1) is 0 Å². The van der Waals surface area contributed by atoms with E-state index in [2.05, 4.69) is 0 Å². The number of carbonyl (C=O) groups is 2. The predicted octanol–water partition coefficient (Wildman–Crippen LogP) is 2.41. The van der Waals surface area contributed by atoms with E-state index >= 15 is 0 Å². The third kappa shape index (κ3) is 1.48. The molecule has 1 aliphatic carbocycles. The summed E-state index contributed by atoms with van der Waals surface area (Å²) in [5.74, 6) is 0.271. The maximum Gasteiger partial charge on any atom is 0.163 e. The van der Waals surface area contributed by atoms with Crippen LogP contribution in [0.25, 0.3) is 0 Å². The van der Waals surface area contributed by atoms with Crippen molar-refractivity contribution in [2.75, 3.05) is 0 Å². The molecule has 0 spiro atoms. The van der Waals surface area contributed by atoms with E-state index in [1.165, 1.54) is 0 Å². The molecule has 2 rings (SSSR count).